The van der Waals surface area contributed by atoms with Crippen LogP contribution in [-0.4, -0.2) is 25.8 Å². The van der Waals surface area contributed by atoms with Crippen LogP contribution in [0, 0.1) is 5.92 Å². The fourth-order valence-electron chi connectivity index (χ4n) is 2.28. The molecule has 0 N–H and O–H groups in total. The molecule has 18 heavy (non-hydrogen) atoms. The molecule has 4 nitrogen and oxygen atoms in total. The van der Waals surface area contributed by atoms with Gasteiger partial charge >= 0.3 is 0 Å². The van der Waals surface area contributed by atoms with Crippen LogP contribution < -0.4 is 0 Å². The van der Waals surface area contributed by atoms with Gasteiger partial charge in [0.05, 0.1) is 6.26 Å². The molecule has 1 aromatic heterocycles. The molecule has 96 valence electrons. The molecule has 1 aliphatic heterocycles. The van der Waals surface area contributed by atoms with Gasteiger partial charge in [-0.05, 0) is 18.1 Å². The zero-order chi connectivity index (χ0) is 12.8. The number of fused-ring (bicyclic) bond motifs is 1. The van der Waals surface area contributed by atoms with Gasteiger partial charge in [-0.1, -0.05) is 25.5 Å². The average molecular weight is 265 g/mol. The first kappa shape index (κ1) is 11.7. The van der Waals surface area contributed by atoms with E-state index in [1.165, 1.54) is 10.6 Å². The van der Waals surface area contributed by atoms with Crippen LogP contribution in [-0.2, 0) is 10.0 Å². The lowest BCUT2D eigenvalue weighted by Gasteiger charge is -2.37. The van der Waals surface area contributed by atoms with E-state index in [1.54, 1.807) is 18.2 Å². The normalized spacial score (nSPS) is 18.1. The summed E-state index contributed by atoms with van der Waals surface area (Å²) < 4.78 is 31.7. The molecule has 1 aromatic carbocycles. The van der Waals surface area contributed by atoms with Gasteiger partial charge < -0.3 is 4.42 Å². The molecule has 1 fully saturated rings. The molecule has 0 radical (unpaired) electrons. The Hall–Kier alpha value is -1.33. The Labute approximate surface area is 106 Å². The standard InChI is InChI=1S/C13H15NO3S/c1-2-10-8-14(9-10)18(15,16)12-5-3-4-11-6-7-17-13(11)12/h3-7,10H,2,8-9H2,1H3. The van der Waals surface area contributed by atoms with Gasteiger partial charge in [0.2, 0.25) is 10.0 Å². The van der Waals surface area contributed by atoms with E-state index in [-0.39, 0.29) is 4.90 Å². The highest BCUT2D eigenvalue weighted by atomic mass is 32.2. The van der Waals surface area contributed by atoms with Gasteiger partial charge in [-0.25, -0.2) is 8.42 Å². The minimum Gasteiger partial charge on any atom is -0.463 e. The first-order valence-corrected chi connectivity index (χ1v) is 7.53. The smallest absolute Gasteiger partial charge is 0.246 e. The highest BCUT2D eigenvalue weighted by molar-refractivity contribution is 7.89. The largest absolute Gasteiger partial charge is 0.463 e. The molecule has 0 atom stereocenters. The molecular formula is C13H15NO3S. The van der Waals surface area contributed by atoms with Crippen LogP contribution in [0.4, 0.5) is 0 Å². The molecule has 2 heterocycles. The summed E-state index contributed by atoms with van der Waals surface area (Å²) in [5.41, 5.74) is 0.456. The van der Waals surface area contributed by atoms with Crippen LogP contribution in [0.25, 0.3) is 11.0 Å². The predicted molar refractivity (Wildman–Crippen MR) is 68.8 cm³/mol. The monoisotopic (exact) mass is 265 g/mol. The highest BCUT2D eigenvalue weighted by Gasteiger charge is 2.36. The van der Waals surface area contributed by atoms with Crippen LogP contribution in [0.5, 0.6) is 0 Å². The Morgan fingerprint density at radius 2 is 2.11 bits per heavy atom. The van der Waals surface area contributed by atoms with Crippen molar-refractivity contribution in [2.75, 3.05) is 13.1 Å². The topological polar surface area (TPSA) is 50.5 Å². The molecule has 5 heteroatoms. The summed E-state index contributed by atoms with van der Waals surface area (Å²) in [6, 6.07) is 6.99. The average Bonchev–Trinajstić information content (AvgIpc) is 2.74. The number of sulfonamides is 1. The third-order valence-corrected chi connectivity index (χ3v) is 5.42. The van der Waals surface area contributed by atoms with Gasteiger partial charge in [-0.3, -0.25) is 0 Å². The minimum atomic E-state index is -3.40. The Kier molecular flexibility index (Phi) is 2.68. The number of rotatable bonds is 3. The maximum atomic E-state index is 12.5. The van der Waals surface area contributed by atoms with Gasteiger partial charge in [0.1, 0.15) is 4.90 Å². The predicted octanol–water partition coefficient (Wildman–Crippen LogP) is 2.46. The number of hydrogen-bond donors (Lipinski definition) is 0. The van der Waals surface area contributed by atoms with Crippen molar-refractivity contribution in [1.82, 2.24) is 4.31 Å². The summed E-state index contributed by atoms with van der Waals surface area (Å²) in [6.07, 6.45) is 2.55. The maximum Gasteiger partial charge on any atom is 0.246 e. The van der Waals surface area contributed by atoms with Crippen LogP contribution in [0.3, 0.4) is 0 Å². The second kappa shape index (κ2) is 4.10. The third-order valence-electron chi connectivity index (χ3n) is 3.56. The van der Waals surface area contributed by atoms with Gasteiger partial charge in [-0.2, -0.15) is 4.31 Å². The number of para-hydroxylation sites is 1. The second-order valence-corrected chi connectivity index (χ2v) is 6.60. The third kappa shape index (κ3) is 1.66. The van der Waals surface area contributed by atoms with E-state index in [4.69, 9.17) is 4.42 Å². The quantitative estimate of drug-likeness (QED) is 0.856. The molecular weight excluding hydrogens is 250 g/mol. The van der Waals surface area contributed by atoms with Crippen molar-refractivity contribution in [2.45, 2.75) is 18.2 Å². The summed E-state index contributed by atoms with van der Waals surface area (Å²) in [6.45, 7) is 3.33. The lowest BCUT2D eigenvalue weighted by molar-refractivity contribution is 0.196. The summed E-state index contributed by atoms with van der Waals surface area (Å²) in [5, 5.41) is 0.823. The van der Waals surface area contributed by atoms with Crippen molar-refractivity contribution in [1.29, 1.82) is 0 Å². The van der Waals surface area contributed by atoms with Crippen molar-refractivity contribution in [3.8, 4) is 0 Å². The maximum absolute atomic E-state index is 12.5. The Morgan fingerprint density at radius 1 is 1.33 bits per heavy atom. The summed E-state index contributed by atoms with van der Waals surface area (Å²) in [7, 11) is -3.40. The van der Waals surface area contributed by atoms with Gasteiger partial charge in [0.15, 0.2) is 5.58 Å². The molecule has 0 aliphatic carbocycles. The van der Waals surface area contributed by atoms with E-state index in [9.17, 15) is 8.42 Å². The van der Waals surface area contributed by atoms with Crippen molar-refractivity contribution < 1.29 is 12.8 Å². The molecule has 0 bridgehead atoms. The van der Waals surface area contributed by atoms with Crippen molar-refractivity contribution in [2.24, 2.45) is 5.92 Å². The van der Waals surface area contributed by atoms with E-state index in [0.29, 0.717) is 24.6 Å². The summed E-state index contributed by atoms with van der Waals surface area (Å²) in [5.74, 6) is 0.496. The fourth-order valence-corrected chi connectivity index (χ4v) is 4.03. The zero-order valence-electron chi connectivity index (χ0n) is 10.2. The number of benzene rings is 1. The molecule has 0 saturated carbocycles. The van der Waals surface area contributed by atoms with Crippen molar-refractivity contribution in [3.63, 3.8) is 0 Å². The van der Waals surface area contributed by atoms with Crippen molar-refractivity contribution >= 4 is 21.0 Å². The number of hydrogen-bond acceptors (Lipinski definition) is 3. The Balaban J connectivity index is 2.01. The molecule has 2 aromatic rings. The number of furan rings is 1. The van der Waals surface area contributed by atoms with E-state index in [1.807, 2.05) is 6.07 Å². The van der Waals surface area contributed by atoms with Crippen LogP contribution in [0.15, 0.2) is 39.8 Å². The molecule has 1 aliphatic rings. The highest BCUT2D eigenvalue weighted by Crippen LogP contribution is 2.31. The van der Waals surface area contributed by atoms with Crippen molar-refractivity contribution in [3.05, 3.63) is 30.5 Å². The van der Waals surface area contributed by atoms with E-state index < -0.39 is 10.0 Å². The summed E-state index contributed by atoms with van der Waals surface area (Å²) in [4.78, 5) is 0.277. The van der Waals surface area contributed by atoms with E-state index in [2.05, 4.69) is 6.92 Å². The number of nitrogens with zero attached hydrogens (tertiary/aromatic N) is 1. The fraction of sp³-hybridized carbons (Fsp3) is 0.385. The van der Waals surface area contributed by atoms with E-state index >= 15 is 0 Å². The summed E-state index contributed by atoms with van der Waals surface area (Å²) >= 11 is 0. The van der Waals surface area contributed by atoms with E-state index in [0.717, 1.165) is 11.8 Å². The first-order chi connectivity index (χ1) is 8.63. The molecule has 3 rings (SSSR count). The van der Waals surface area contributed by atoms with Gasteiger partial charge in [-0.15, -0.1) is 0 Å². The van der Waals surface area contributed by atoms with Gasteiger partial charge in [0, 0.05) is 18.5 Å². The lowest BCUT2D eigenvalue weighted by Crippen LogP contribution is -2.49. The Morgan fingerprint density at radius 3 is 2.83 bits per heavy atom. The second-order valence-electron chi connectivity index (χ2n) is 4.69. The molecule has 1 saturated heterocycles. The van der Waals surface area contributed by atoms with Crippen LogP contribution in [0.1, 0.15) is 13.3 Å². The van der Waals surface area contributed by atoms with Crippen LogP contribution >= 0.6 is 0 Å². The Bertz CT molecular complexity index is 668. The minimum absolute atomic E-state index is 0.277. The zero-order valence-corrected chi connectivity index (χ0v) is 11.0. The van der Waals surface area contributed by atoms with Crippen LogP contribution in [0.2, 0.25) is 0 Å². The SMILES string of the molecule is CCC1CN(S(=O)(=O)c2cccc3ccoc23)C1. The molecule has 0 spiro atoms. The molecule has 0 unspecified atom stereocenters. The lowest BCUT2D eigenvalue weighted by atomic mass is 10.0. The van der Waals surface area contributed by atoms with Gasteiger partial charge in [0.25, 0.3) is 0 Å². The molecule has 0 amide bonds. The first-order valence-electron chi connectivity index (χ1n) is 6.09.